The van der Waals surface area contributed by atoms with Gasteiger partial charge in [-0.05, 0) is 38.0 Å². The van der Waals surface area contributed by atoms with Gasteiger partial charge in [0, 0.05) is 6.04 Å². The molecule has 2 unspecified atom stereocenters. The van der Waals surface area contributed by atoms with E-state index in [4.69, 9.17) is 0 Å². The number of carbonyl (C=O) groups is 1. The van der Waals surface area contributed by atoms with Gasteiger partial charge in [0.25, 0.3) is 0 Å². The second kappa shape index (κ2) is 6.35. The van der Waals surface area contributed by atoms with Gasteiger partial charge in [0.1, 0.15) is 11.9 Å². The van der Waals surface area contributed by atoms with E-state index in [2.05, 4.69) is 10.1 Å². The molecule has 1 aromatic carbocycles. The highest BCUT2D eigenvalue weighted by Gasteiger charge is 2.15. The van der Waals surface area contributed by atoms with Crippen LogP contribution in [0.3, 0.4) is 0 Å². The number of halogens is 1. The number of methoxy groups -OCH3 is 1. The fraction of sp³-hybridized carbons (Fsp3) is 0.462. The van der Waals surface area contributed by atoms with Crippen molar-refractivity contribution in [2.75, 3.05) is 7.11 Å². The second-order valence-electron chi connectivity index (χ2n) is 4.14. The zero-order valence-electron chi connectivity index (χ0n) is 10.4. The Morgan fingerprint density at radius 2 is 1.94 bits per heavy atom. The van der Waals surface area contributed by atoms with Gasteiger partial charge >= 0.3 is 5.97 Å². The SMILES string of the molecule is COC(=O)C(C)NC(C)Cc1ccc(F)cc1. The maximum absolute atomic E-state index is 12.7. The predicted octanol–water partition coefficient (Wildman–Crippen LogP) is 1.91. The topological polar surface area (TPSA) is 38.3 Å². The van der Waals surface area contributed by atoms with Crippen molar-refractivity contribution in [1.82, 2.24) is 5.32 Å². The van der Waals surface area contributed by atoms with E-state index < -0.39 is 0 Å². The molecule has 0 aliphatic heterocycles. The van der Waals surface area contributed by atoms with Crippen molar-refractivity contribution >= 4 is 5.97 Å². The second-order valence-corrected chi connectivity index (χ2v) is 4.14. The maximum Gasteiger partial charge on any atom is 0.322 e. The molecule has 0 spiro atoms. The number of nitrogens with one attached hydrogen (secondary N) is 1. The summed E-state index contributed by atoms with van der Waals surface area (Å²) >= 11 is 0. The van der Waals surface area contributed by atoms with Crippen LogP contribution in [0.25, 0.3) is 0 Å². The van der Waals surface area contributed by atoms with Crippen LogP contribution in [-0.2, 0) is 16.0 Å². The lowest BCUT2D eigenvalue weighted by atomic mass is 10.1. The smallest absolute Gasteiger partial charge is 0.322 e. The molecule has 0 aromatic heterocycles. The third kappa shape index (κ3) is 4.53. The van der Waals surface area contributed by atoms with Crippen molar-refractivity contribution in [3.63, 3.8) is 0 Å². The highest BCUT2D eigenvalue weighted by Crippen LogP contribution is 2.06. The minimum atomic E-state index is -0.338. The van der Waals surface area contributed by atoms with Gasteiger partial charge in [0.05, 0.1) is 7.11 Å². The van der Waals surface area contributed by atoms with E-state index in [9.17, 15) is 9.18 Å². The molecule has 0 fully saturated rings. The molecule has 3 nitrogen and oxygen atoms in total. The molecular weight excluding hydrogens is 221 g/mol. The Labute approximate surface area is 101 Å². The molecule has 4 heteroatoms. The van der Waals surface area contributed by atoms with E-state index in [-0.39, 0.29) is 23.9 Å². The van der Waals surface area contributed by atoms with Crippen molar-refractivity contribution in [2.24, 2.45) is 0 Å². The lowest BCUT2D eigenvalue weighted by Crippen LogP contribution is -2.41. The summed E-state index contributed by atoms with van der Waals surface area (Å²) in [7, 11) is 1.37. The van der Waals surface area contributed by atoms with Crippen LogP contribution in [0.4, 0.5) is 4.39 Å². The molecule has 0 amide bonds. The first-order valence-corrected chi connectivity index (χ1v) is 5.61. The van der Waals surface area contributed by atoms with Gasteiger partial charge in [-0.25, -0.2) is 4.39 Å². The quantitative estimate of drug-likeness (QED) is 0.798. The number of hydrogen-bond acceptors (Lipinski definition) is 3. The van der Waals surface area contributed by atoms with Gasteiger partial charge in [-0.3, -0.25) is 4.79 Å². The lowest BCUT2D eigenvalue weighted by molar-refractivity contribution is -0.142. The van der Waals surface area contributed by atoms with Crippen LogP contribution in [0.1, 0.15) is 19.4 Å². The Morgan fingerprint density at radius 3 is 2.47 bits per heavy atom. The van der Waals surface area contributed by atoms with Crippen LogP contribution in [0.5, 0.6) is 0 Å². The Morgan fingerprint density at radius 1 is 1.35 bits per heavy atom. The first-order valence-electron chi connectivity index (χ1n) is 5.61. The molecule has 17 heavy (non-hydrogen) atoms. The molecule has 0 aliphatic carbocycles. The molecule has 0 saturated heterocycles. The Hall–Kier alpha value is -1.42. The number of esters is 1. The third-order valence-corrected chi connectivity index (χ3v) is 2.54. The summed E-state index contributed by atoms with van der Waals surface area (Å²) in [5.41, 5.74) is 1.03. The van der Waals surface area contributed by atoms with Crippen LogP contribution in [0.15, 0.2) is 24.3 Å². The van der Waals surface area contributed by atoms with Crippen LogP contribution >= 0.6 is 0 Å². The van der Waals surface area contributed by atoms with Crippen molar-refractivity contribution in [2.45, 2.75) is 32.4 Å². The van der Waals surface area contributed by atoms with E-state index in [0.29, 0.717) is 0 Å². The standard InChI is InChI=1S/C13H18FNO2/c1-9(15-10(2)13(16)17-3)8-11-4-6-12(14)7-5-11/h4-7,9-10,15H,8H2,1-3H3. The van der Waals surface area contributed by atoms with Gasteiger partial charge in [-0.1, -0.05) is 12.1 Å². The highest BCUT2D eigenvalue weighted by molar-refractivity contribution is 5.75. The number of carbonyl (C=O) groups excluding carboxylic acids is 1. The summed E-state index contributed by atoms with van der Waals surface area (Å²) in [6.45, 7) is 3.73. The molecule has 94 valence electrons. The van der Waals surface area contributed by atoms with E-state index >= 15 is 0 Å². The molecule has 0 saturated carbocycles. The van der Waals surface area contributed by atoms with Crippen molar-refractivity contribution in [3.8, 4) is 0 Å². The van der Waals surface area contributed by atoms with Crippen LogP contribution in [0, 0.1) is 5.82 Å². The van der Waals surface area contributed by atoms with Gasteiger partial charge in [0.2, 0.25) is 0 Å². The predicted molar refractivity (Wildman–Crippen MR) is 64.2 cm³/mol. The first-order chi connectivity index (χ1) is 8.02. The maximum atomic E-state index is 12.7. The summed E-state index contributed by atoms with van der Waals surface area (Å²) in [6, 6.07) is 6.15. The van der Waals surface area contributed by atoms with E-state index in [1.165, 1.54) is 19.2 Å². The van der Waals surface area contributed by atoms with Gasteiger partial charge in [-0.15, -0.1) is 0 Å². The Kier molecular flexibility index (Phi) is 5.10. The molecule has 2 atom stereocenters. The fourth-order valence-electron chi connectivity index (χ4n) is 1.70. The summed E-state index contributed by atoms with van der Waals surface area (Å²) in [5, 5.41) is 3.13. The van der Waals surface area contributed by atoms with Gasteiger partial charge in [0.15, 0.2) is 0 Å². The van der Waals surface area contributed by atoms with Gasteiger partial charge < -0.3 is 10.1 Å². The van der Waals surface area contributed by atoms with Gasteiger partial charge in [-0.2, -0.15) is 0 Å². The van der Waals surface area contributed by atoms with Crippen molar-refractivity contribution < 1.29 is 13.9 Å². The van der Waals surface area contributed by atoms with Crippen molar-refractivity contribution in [1.29, 1.82) is 0 Å². The minimum Gasteiger partial charge on any atom is -0.468 e. The average Bonchev–Trinajstić information content (AvgIpc) is 2.30. The molecule has 0 radical (unpaired) electrons. The van der Waals surface area contributed by atoms with Crippen LogP contribution in [0.2, 0.25) is 0 Å². The van der Waals surface area contributed by atoms with Crippen LogP contribution in [-0.4, -0.2) is 25.2 Å². The molecule has 1 rings (SSSR count). The lowest BCUT2D eigenvalue weighted by Gasteiger charge is -2.18. The average molecular weight is 239 g/mol. The number of benzene rings is 1. The van der Waals surface area contributed by atoms with Crippen LogP contribution < -0.4 is 5.32 Å². The monoisotopic (exact) mass is 239 g/mol. The largest absolute Gasteiger partial charge is 0.468 e. The Balaban J connectivity index is 2.46. The third-order valence-electron chi connectivity index (χ3n) is 2.54. The summed E-state index contributed by atoms with van der Waals surface area (Å²) in [4.78, 5) is 11.2. The number of rotatable bonds is 5. The number of ether oxygens (including phenoxy) is 1. The number of hydrogen-bond donors (Lipinski definition) is 1. The molecule has 1 N–H and O–H groups in total. The normalized spacial score (nSPS) is 14.1. The minimum absolute atomic E-state index is 0.120. The molecule has 0 heterocycles. The van der Waals surface area contributed by atoms with E-state index in [1.54, 1.807) is 19.1 Å². The summed E-state index contributed by atoms with van der Waals surface area (Å²) in [6.07, 6.45) is 0.738. The highest BCUT2D eigenvalue weighted by atomic mass is 19.1. The molecule has 0 bridgehead atoms. The van der Waals surface area contributed by atoms with E-state index in [1.807, 2.05) is 6.92 Å². The summed E-state index contributed by atoms with van der Waals surface area (Å²) in [5.74, 6) is -0.520. The fourth-order valence-corrected chi connectivity index (χ4v) is 1.70. The zero-order chi connectivity index (χ0) is 12.8. The summed E-state index contributed by atoms with van der Waals surface area (Å²) < 4.78 is 17.3. The first kappa shape index (κ1) is 13.6. The van der Waals surface area contributed by atoms with Crippen molar-refractivity contribution in [3.05, 3.63) is 35.6 Å². The Bertz CT molecular complexity index is 364. The molecule has 1 aromatic rings. The molecule has 0 aliphatic rings. The zero-order valence-corrected chi connectivity index (χ0v) is 10.4. The van der Waals surface area contributed by atoms with E-state index in [0.717, 1.165) is 12.0 Å². The molecular formula is C13H18FNO2.